The van der Waals surface area contributed by atoms with Crippen LogP contribution < -0.4 is 10.6 Å². The number of carbonyl (C=O) groups excluding carboxylic acids is 2. The highest BCUT2D eigenvalue weighted by Gasteiger charge is 2.29. The Labute approximate surface area is 249 Å². The fourth-order valence-corrected chi connectivity index (χ4v) is 5.57. The van der Waals surface area contributed by atoms with E-state index in [4.69, 9.17) is 34.8 Å². The molecule has 3 heterocycles. The number of nitrogens with one attached hydrogen (secondary N) is 2. The largest absolute Gasteiger partial charge is 0.338 e. The lowest BCUT2D eigenvalue weighted by Gasteiger charge is -2.32. The number of fused-ring (bicyclic) bond motifs is 1. The molecule has 0 aliphatic carbocycles. The van der Waals surface area contributed by atoms with Crippen LogP contribution in [-0.2, 0) is 20.1 Å². The number of nitro groups is 1. The molecule has 1 unspecified atom stereocenters. The topological polar surface area (TPSA) is 140 Å². The first-order valence-electron chi connectivity index (χ1n) is 12.7. The number of hydrogen-bond acceptors (Lipinski definition) is 6. The highest BCUT2D eigenvalue weighted by Crippen LogP contribution is 2.36. The van der Waals surface area contributed by atoms with Crippen LogP contribution in [0.3, 0.4) is 0 Å². The summed E-state index contributed by atoms with van der Waals surface area (Å²) in [6.45, 7) is 1.78. The van der Waals surface area contributed by atoms with Gasteiger partial charge in [0.15, 0.2) is 0 Å². The number of rotatable bonds is 7. The van der Waals surface area contributed by atoms with Gasteiger partial charge in [0.05, 0.1) is 38.8 Å². The molecule has 2 aromatic carbocycles. The summed E-state index contributed by atoms with van der Waals surface area (Å²) in [7, 11) is 1.78. The number of carbonyl (C=O) groups is 2. The van der Waals surface area contributed by atoms with Crippen molar-refractivity contribution in [2.75, 3.05) is 18.4 Å². The number of aryl methyl sites for hydroxylation is 1. The first-order valence-corrected chi connectivity index (χ1v) is 13.8. The van der Waals surface area contributed by atoms with Crippen LogP contribution in [0.5, 0.6) is 0 Å². The van der Waals surface area contributed by atoms with Crippen LogP contribution in [0.4, 0.5) is 16.2 Å². The molecule has 1 aliphatic rings. The quantitative estimate of drug-likeness (QED) is 0.206. The van der Waals surface area contributed by atoms with Crippen molar-refractivity contribution in [3.63, 3.8) is 0 Å². The lowest BCUT2D eigenvalue weighted by atomic mass is 9.97. The van der Waals surface area contributed by atoms with Crippen molar-refractivity contribution >= 4 is 69.0 Å². The van der Waals surface area contributed by atoms with Gasteiger partial charge in [-0.1, -0.05) is 46.1 Å². The predicted octanol–water partition coefficient (Wildman–Crippen LogP) is 5.51. The van der Waals surface area contributed by atoms with Gasteiger partial charge in [-0.25, -0.2) is 4.79 Å². The van der Waals surface area contributed by atoms with Crippen LogP contribution >= 0.6 is 34.8 Å². The summed E-state index contributed by atoms with van der Waals surface area (Å²) in [5, 5.41) is 26.2. The molecule has 2 N–H and O–H groups in total. The molecule has 1 fully saturated rings. The minimum Gasteiger partial charge on any atom is -0.338 e. The van der Waals surface area contributed by atoms with Crippen LogP contribution in [0.1, 0.15) is 28.9 Å². The highest BCUT2D eigenvalue weighted by atomic mass is 35.5. The number of likely N-dealkylation sites (tertiary alicyclic amines) is 1. The van der Waals surface area contributed by atoms with Crippen LogP contribution in [0, 0.1) is 16.0 Å². The molecule has 4 aromatic rings. The molecule has 1 atom stereocenters. The summed E-state index contributed by atoms with van der Waals surface area (Å²) >= 11 is 19.0. The molecule has 1 saturated heterocycles. The van der Waals surface area contributed by atoms with Crippen molar-refractivity contribution < 1.29 is 14.5 Å². The van der Waals surface area contributed by atoms with Crippen LogP contribution in [-0.4, -0.2) is 54.4 Å². The lowest BCUT2D eigenvalue weighted by Crippen LogP contribution is -2.41. The van der Waals surface area contributed by atoms with Gasteiger partial charge in [-0.2, -0.15) is 0 Å². The molecule has 0 saturated carbocycles. The fourth-order valence-electron chi connectivity index (χ4n) is 4.98. The van der Waals surface area contributed by atoms with Crippen molar-refractivity contribution in [3.8, 4) is 0 Å². The van der Waals surface area contributed by atoms with Gasteiger partial charge in [0.25, 0.3) is 11.6 Å². The van der Waals surface area contributed by atoms with E-state index in [9.17, 15) is 19.7 Å². The van der Waals surface area contributed by atoms with E-state index in [2.05, 4.69) is 20.9 Å². The molecular weight excluding hydrogens is 595 g/mol. The summed E-state index contributed by atoms with van der Waals surface area (Å²) in [6.07, 6.45) is 3.47. The number of hydrogen-bond donors (Lipinski definition) is 2. The molecule has 15 heteroatoms. The van der Waals surface area contributed by atoms with Gasteiger partial charge in [-0.15, -0.1) is 5.10 Å². The second kappa shape index (κ2) is 11.9. The SMILES string of the molecule is Cn1c(Cl)c(C(=O)N2CCCC(Cn3cc(CNC(=O)Nc4cccc([N+](=O)[O-])c4)nn3)C2)c2cc(Cl)c(Cl)cc21. The van der Waals surface area contributed by atoms with Gasteiger partial charge in [-0.05, 0) is 37.0 Å². The molecule has 1 aliphatic heterocycles. The van der Waals surface area contributed by atoms with E-state index in [1.807, 2.05) is 0 Å². The molecular formula is C26H25Cl3N8O4. The van der Waals surface area contributed by atoms with Crippen molar-refractivity contribution in [2.24, 2.45) is 13.0 Å². The first-order chi connectivity index (χ1) is 19.6. The average molecular weight is 620 g/mol. The Hall–Kier alpha value is -3.87. The van der Waals surface area contributed by atoms with E-state index in [0.29, 0.717) is 57.2 Å². The molecule has 12 nitrogen and oxygen atoms in total. The number of nitro benzene ring substituents is 1. The summed E-state index contributed by atoms with van der Waals surface area (Å²) in [6, 6.07) is 8.50. The number of benzene rings is 2. The number of amides is 3. The van der Waals surface area contributed by atoms with Crippen LogP contribution in [0.2, 0.25) is 15.2 Å². The smallest absolute Gasteiger partial charge is 0.319 e. The highest BCUT2D eigenvalue weighted by molar-refractivity contribution is 6.43. The van der Waals surface area contributed by atoms with Crippen molar-refractivity contribution in [2.45, 2.75) is 25.9 Å². The summed E-state index contributed by atoms with van der Waals surface area (Å²) in [5.41, 5.74) is 1.85. The Morgan fingerprint density at radius 3 is 2.73 bits per heavy atom. The molecule has 3 amide bonds. The number of nitrogens with zero attached hydrogens (tertiary/aromatic N) is 6. The zero-order valence-electron chi connectivity index (χ0n) is 21.8. The second-order valence-electron chi connectivity index (χ2n) is 9.81. The number of non-ortho nitro benzene ring substituents is 1. The lowest BCUT2D eigenvalue weighted by molar-refractivity contribution is -0.384. The molecule has 214 valence electrons. The fraction of sp³-hybridized carbons (Fsp3) is 0.308. The van der Waals surface area contributed by atoms with E-state index < -0.39 is 11.0 Å². The van der Waals surface area contributed by atoms with Gasteiger partial charge in [0, 0.05) is 49.9 Å². The van der Waals surface area contributed by atoms with Crippen molar-refractivity contribution in [1.29, 1.82) is 0 Å². The molecule has 0 bridgehead atoms. The third-order valence-corrected chi connectivity index (χ3v) is 8.13. The van der Waals surface area contributed by atoms with E-state index in [0.717, 1.165) is 18.4 Å². The average Bonchev–Trinajstić information content (AvgIpc) is 3.49. The molecule has 41 heavy (non-hydrogen) atoms. The Morgan fingerprint density at radius 2 is 1.95 bits per heavy atom. The van der Waals surface area contributed by atoms with E-state index in [1.165, 1.54) is 18.2 Å². The van der Waals surface area contributed by atoms with E-state index >= 15 is 0 Å². The Balaban J connectivity index is 1.19. The monoisotopic (exact) mass is 618 g/mol. The standard InChI is InChI=1S/C26H25Cl3N8O4/c1-34-22-10-21(28)20(27)9-19(22)23(24(34)29)25(38)35-7-3-4-15(12-35)13-36-14-17(32-33-36)11-30-26(39)31-16-5-2-6-18(8-16)37(40)41/h2,5-6,8-10,14-15H,3-4,7,11-13H2,1H3,(H2,30,31,39). The summed E-state index contributed by atoms with van der Waals surface area (Å²) in [5.74, 6) is -0.0268. The Morgan fingerprint density at radius 1 is 1.17 bits per heavy atom. The molecule has 0 spiro atoms. The Kier molecular flexibility index (Phi) is 8.34. The van der Waals surface area contributed by atoms with Gasteiger partial charge in [0.1, 0.15) is 10.8 Å². The zero-order chi connectivity index (χ0) is 29.3. The van der Waals surface area contributed by atoms with E-state index in [-0.39, 0.29) is 24.1 Å². The molecule has 2 aromatic heterocycles. The number of anilines is 1. The van der Waals surface area contributed by atoms with Crippen molar-refractivity contribution in [3.05, 3.63) is 79.2 Å². The third-order valence-electron chi connectivity index (χ3n) is 6.97. The van der Waals surface area contributed by atoms with Gasteiger partial charge < -0.3 is 20.1 Å². The summed E-state index contributed by atoms with van der Waals surface area (Å²) in [4.78, 5) is 38.0. The van der Waals surface area contributed by atoms with Gasteiger partial charge in [0.2, 0.25) is 0 Å². The zero-order valence-corrected chi connectivity index (χ0v) is 24.1. The minimum atomic E-state index is -0.534. The van der Waals surface area contributed by atoms with Gasteiger partial charge >= 0.3 is 6.03 Å². The third kappa shape index (κ3) is 6.24. The number of piperidine rings is 1. The maximum absolute atomic E-state index is 13.6. The predicted molar refractivity (Wildman–Crippen MR) is 156 cm³/mol. The number of urea groups is 1. The van der Waals surface area contributed by atoms with Crippen molar-refractivity contribution in [1.82, 2.24) is 29.8 Å². The minimum absolute atomic E-state index is 0.113. The van der Waals surface area contributed by atoms with Gasteiger partial charge in [-0.3, -0.25) is 19.6 Å². The molecule has 0 radical (unpaired) electrons. The summed E-state index contributed by atoms with van der Waals surface area (Å²) < 4.78 is 3.42. The first kappa shape index (κ1) is 28.7. The molecule has 5 rings (SSSR count). The maximum atomic E-state index is 13.6. The van der Waals surface area contributed by atoms with Crippen LogP contribution in [0.25, 0.3) is 10.9 Å². The maximum Gasteiger partial charge on any atom is 0.319 e. The van der Waals surface area contributed by atoms with E-state index in [1.54, 1.807) is 45.6 Å². The number of halogens is 3. The second-order valence-corrected chi connectivity index (χ2v) is 11.0. The number of aromatic nitrogens is 4. The van der Waals surface area contributed by atoms with Crippen LogP contribution in [0.15, 0.2) is 42.6 Å². The normalized spacial score (nSPS) is 15.2. The Bertz CT molecular complexity index is 1650.